The summed E-state index contributed by atoms with van der Waals surface area (Å²) < 4.78 is 6.58. The number of rotatable bonds is 6. The number of carbonyl (C=O) groups excluding carboxylic acids is 1. The fourth-order valence-corrected chi connectivity index (χ4v) is 3.67. The van der Waals surface area contributed by atoms with Crippen LogP contribution in [0.25, 0.3) is 11.2 Å². The molecule has 0 saturated heterocycles. The van der Waals surface area contributed by atoms with E-state index in [1.807, 2.05) is 23.6 Å². The van der Waals surface area contributed by atoms with Crippen molar-refractivity contribution < 1.29 is 14.6 Å². The van der Waals surface area contributed by atoms with Crippen molar-refractivity contribution >= 4 is 40.4 Å². The van der Waals surface area contributed by atoms with Crippen LogP contribution < -0.4 is 16.0 Å². The molecule has 4 N–H and O–H groups in total. The van der Waals surface area contributed by atoms with Gasteiger partial charge in [-0.25, -0.2) is 9.78 Å². The molecule has 1 aliphatic carbocycles. The van der Waals surface area contributed by atoms with E-state index in [2.05, 4.69) is 30.7 Å². The number of aliphatic hydroxyl groups excluding tert-OH is 1. The number of hydrogen-bond acceptors (Lipinski definition) is 8. The number of imidazole rings is 1. The second kappa shape index (κ2) is 9.17. The molecular weight excluding hydrogens is 398 g/mol. The van der Waals surface area contributed by atoms with Crippen molar-refractivity contribution in [1.82, 2.24) is 19.5 Å². The Morgan fingerprint density at radius 3 is 2.55 bits per heavy atom. The predicted molar refractivity (Wildman–Crippen MR) is 119 cm³/mol. The number of fused-ring (bicyclic) bond motifs is 1. The summed E-state index contributed by atoms with van der Waals surface area (Å²) in [5.74, 6) is 1.14. The second-order valence-electron chi connectivity index (χ2n) is 7.57. The van der Waals surface area contributed by atoms with Gasteiger partial charge < -0.3 is 25.0 Å². The number of carbonyl (C=O) groups is 1. The summed E-state index contributed by atoms with van der Waals surface area (Å²) in [6, 6.07) is 7.45. The first-order valence-electron chi connectivity index (χ1n) is 10.4. The first-order chi connectivity index (χ1) is 15.1. The van der Waals surface area contributed by atoms with E-state index >= 15 is 0 Å². The Labute approximate surface area is 180 Å². The number of nitrogens with zero attached hydrogens (tertiary/aromatic N) is 4. The van der Waals surface area contributed by atoms with E-state index in [1.165, 1.54) is 7.11 Å². The molecule has 31 heavy (non-hydrogen) atoms. The molecule has 0 aliphatic heterocycles. The molecule has 4 rings (SSSR count). The standard InChI is InChI=1S/C21H27N7O3/c1-3-28-12-22-17-18(23-13-4-6-15(7-5-13)25-21(30)31-2)26-20(27-19(17)28)24-14-8-10-16(29)11-9-14/h4-7,12,14,16,29H,3,8-11H2,1-2H3,(H,25,30)(H2,23,24,26,27)/t14-,16-. The van der Waals surface area contributed by atoms with E-state index in [9.17, 15) is 9.90 Å². The monoisotopic (exact) mass is 425 g/mol. The van der Waals surface area contributed by atoms with Crippen molar-refractivity contribution in [2.24, 2.45) is 0 Å². The normalized spacial score (nSPS) is 18.5. The van der Waals surface area contributed by atoms with Gasteiger partial charge in [0.15, 0.2) is 17.0 Å². The molecule has 0 spiro atoms. The van der Waals surface area contributed by atoms with Gasteiger partial charge in [-0.3, -0.25) is 5.32 Å². The Hall–Kier alpha value is -3.40. The lowest BCUT2D eigenvalue weighted by atomic mass is 9.93. The van der Waals surface area contributed by atoms with Crippen LogP contribution in [0, 0.1) is 0 Å². The maximum absolute atomic E-state index is 11.4. The Balaban J connectivity index is 1.58. The van der Waals surface area contributed by atoms with E-state index < -0.39 is 6.09 Å². The number of anilines is 4. The SMILES string of the molecule is CCn1cnc2c(Nc3ccc(NC(=O)OC)cc3)nc(N[C@H]3CC[C@H](O)CC3)nc21. The second-order valence-corrected chi connectivity index (χ2v) is 7.57. The molecule has 1 fully saturated rings. The number of ether oxygens (including phenoxy) is 1. The first-order valence-corrected chi connectivity index (χ1v) is 10.4. The molecule has 1 saturated carbocycles. The molecule has 10 nitrogen and oxygen atoms in total. The highest BCUT2D eigenvalue weighted by Gasteiger charge is 2.21. The van der Waals surface area contributed by atoms with Crippen LogP contribution >= 0.6 is 0 Å². The number of methoxy groups -OCH3 is 1. The molecular formula is C21H27N7O3. The lowest BCUT2D eigenvalue weighted by Gasteiger charge is -2.26. The van der Waals surface area contributed by atoms with Crippen LogP contribution in [0.3, 0.4) is 0 Å². The van der Waals surface area contributed by atoms with Crippen LogP contribution in [-0.2, 0) is 11.3 Å². The summed E-state index contributed by atoms with van der Waals surface area (Å²) in [7, 11) is 1.32. The van der Waals surface area contributed by atoms with Crippen LogP contribution in [0.4, 0.5) is 27.9 Å². The molecule has 1 aromatic carbocycles. The number of nitrogens with one attached hydrogen (secondary N) is 3. The fraction of sp³-hybridized carbons (Fsp3) is 0.429. The van der Waals surface area contributed by atoms with Gasteiger partial charge in [-0.2, -0.15) is 9.97 Å². The van der Waals surface area contributed by atoms with Crippen LogP contribution in [-0.4, -0.2) is 50.0 Å². The highest BCUT2D eigenvalue weighted by Crippen LogP contribution is 2.27. The Bertz CT molecular complexity index is 1040. The van der Waals surface area contributed by atoms with Crippen LogP contribution in [0.5, 0.6) is 0 Å². The lowest BCUT2D eigenvalue weighted by molar-refractivity contribution is 0.126. The molecule has 0 radical (unpaired) electrons. The number of aromatic nitrogens is 4. The smallest absolute Gasteiger partial charge is 0.411 e. The summed E-state index contributed by atoms with van der Waals surface area (Å²) in [5.41, 5.74) is 2.86. The summed E-state index contributed by atoms with van der Waals surface area (Å²) in [4.78, 5) is 25.2. The Kier molecular flexibility index (Phi) is 6.17. The van der Waals surface area contributed by atoms with Crippen molar-refractivity contribution in [2.75, 3.05) is 23.1 Å². The van der Waals surface area contributed by atoms with Crippen LogP contribution in [0.1, 0.15) is 32.6 Å². The zero-order valence-electron chi connectivity index (χ0n) is 17.6. The maximum atomic E-state index is 11.4. The number of hydrogen-bond donors (Lipinski definition) is 4. The van der Waals surface area contributed by atoms with Gasteiger partial charge in [0.05, 0.1) is 19.5 Å². The van der Waals surface area contributed by atoms with Crippen molar-refractivity contribution in [3.63, 3.8) is 0 Å². The molecule has 1 amide bonds. The molecule has 0 unspecified atom stereocenters. The van der Waals surface area contributed by atoms with Crippen molar-refractivity contribution in [3.8, 4) is 0 Å². The van der Waals surface area contributed by atoms with Crippen molar-refractivity contribution in [2.45, 2.75) is 51.3 Å². The topological polar surface area (TPSA) is 126 Å². The van der Waals surface area contributed by atoms with E-state index in [-0.39, 0.29) is 12.1 Å². The maximum Gasteiger partial charge on any atom is 0.411 e. The average molecular weight is 425 g/mol. The fourth-order valence-electron chi connectivity index (χ4n) is 3.67. The minimum Gasteiger partial charge on any atom is -0.453 e. The van der Waals surface area contributed by atoms with Gasteiger partial charge in [-0.15, -0.1) is 0 Å². The van der Waals surface area contributed by atoms with Crippen molar-refractivity contribution in [3.05, 3.63) is 30.6 Å². The Morgan fingerprint density at radius 1 is 1.16 bits per heavy atom. The third kappa shape index (κ3) is 4.85. The number of aliphatic hydroxyl groups is 1. The third-order valence-corrected chi connectivity index (χ3v) is 5.41. The minimum absolute atomic E-state index is 0.211. The van der Waals surface area contributed by atoms with Crippen LogP contribution in [0.15, 0.2) is 30.6 Å². The molecule has 2 aromatic heterocycles. The summed E-state index contributed by atoms with van der Waals surface area (Å²) in [6.07, 6.45) is 4.36. The van der Waals surface area contributed by atoms with E-state index in [0.29, 0.717) is 23.0 Å². The average Bonchev–Trinajstić information content (AvgIpc) is 3.20. The molecule has 10 heteroatoms. The quantitative estimate of drug-likeness (QED) is 0.473. The molecule has 0 atom stereocenters. The number of benzene rings is 1. The van der Waals surface area contributed by atoms with Gasteiger partial charge in [0.2, 0.25) is 5.95 Å². The van der Waals surface area contributed by atoms with E-state index in [1.54, 1.807) is 18.5 Å². The van der Waals surface area contributed by atoms with Gasteiger partial charge >= 0.3 is 6.09 Å². The minimum atomic E-state index is -0.519. The largest absolute Gasteiger partial charge is 0.453 e. The number of amides is 1. The molecule has 0 bridgehead atoms. The zero-order chi connectivity index (χ0) is 21.8. The third-order valence-electron chi connectivity index (χ3n) is 5.41. The molecule has 2 heterocycles. The number of aryl methyl sites for hydroxylation is 1. The summed E-state index contributed by atoms with van der Waals surface area (Å²) >= 11 is 0. The zero-order valence-corrected chi connectivity index (χ0v) is 17.6. The Morgan fingerprint density at radius 2 is 1.87 bits per heavy atom. The van der Waals surface area contributed by atoms with Gasteiger partial charge in [0.25, 0.3) is 0 Å². The first kappa shape index (κ1) is 20.9. The lowest BCUT2D eigenvalue weighted by Crippen LogP contribution is -2.29. The molecule has 164 valence electrons. The van der Waals surface area contributed by atoms with Gasteiger partial charge in [0.1, 0.15) is 0 Å². The van der Waals surface area contributed by atoms with Crippen molar-refractivity contribution in [1.29, 1.82) is 0 Å². The van der Waals surface area contributed by atoms with Gasteiger partial charge in [-0.1, -0.05) is 0 Å². The predicted octanol–water partition coefficient (Wildman–Crippen LogP) is 3.48. The molecule has 3 aromatic rings. The summed E-state index contributed by atoms with van der Waals surface area (Å²) in [6.45, 7) is 2.79. The van der Waals surface area contributed by atoms with E-state index in [0.717, 1.165) is 43.6 Å². The van der Waals surface area contributed by atoms with E-state index in [4.69, 9.17) is 4.98 Å². The summed E-state index contributed by atoms with van der Waals surface area (Å²) in [5, 5.41) is 19.1. The molecule has 1 aliphatic rings. The van der Waals surface area contributed by atoms with Crippen LogP contribution in [0.2, 0.25) is 0 Å². The van der Waals surface area contributed by atoms with Gasteiger partial charge in [-0.05, 0) is 56.9 Å². The highest BCUT2D eigenvalue weighted by molar-refractivity contribution is 5.87. The van der Waals surface area contributed by atoms with Gasteiger partial charge in [0, 0.05) is 24.0 Å². The highest BCUT2D eigenvalue weighted by atomic mass is 16.5.